The summed E-state index contributed by atoms with van der Waals surface area (Å²) in [6, 6.07) is 11.3. The van der Waals surface area contributed by atoms with E-state index < -0.39 is 0 Å². The van der Waals surface area contributed by atoms with Gasteiger partial charge >= 0.3 is 0 Å². The first-order valence-corrected chi connectivity index (χ1v) is 6.50. The van der Waals surface area contributed by atoms with E-state index in [9.17, 15) is 0 Å². The van der Waals surface area contributed by atoms with Gasteiger partial charge in [-0.3, -0.25) is 0 Å². The van der Waals surface area contributed by atoms with Crippen LogP contribution in [-0.2, 0) is 0 Å². The minimum Gasteiger partial charge on any atom is -0.313 e. The Hall–Kier alpha value is -0.730. The predicted molar refractivity (Wildman–Crippen MR) is 67.3 cm³/mol. The van der Waals surface area contributed by atoms with Crippen LogP contribution in [0.3, 0.4) is 0 Å². The van der Waals surface area contributed by atoms with Crippen LogP contribution in [0.15, 0.2) is 47.4 Å². The van der Waals surface area contributed by atoms with Crippen LogP contribution < -0.4 is 5.32 Å². The SMILES string of the molecule is C1=CCC(NCCSc2ccccc2)C1. The van der Waals surface area contributed by atoms with Gasteiger partial charge in [-0.1, -0.05) is 30.4 Å². The Morgan fingerprint density at radius 3 is 2.60 bits per heavy atom. The Balaban J connectivity index is 1.59. The second kappa shape index (κ2) is 5.99. The van der Waals surface area contributed by atoms with Gasteiger partial charge in [0.15, 0.2) is 0 Å². The van der Waals surface area contributed by atoms with E-state index in [4.69, 9.17) is 0 Å². The van der Waals surface area contributed by atoms with Gasteiger partial charge in [0.25, 0.3) is 0 Å². The van der Waals surface area contributed by atoms with Crippen molar-refractivity contribution in [3.8, 4) is 0 Å². The van der Waals surface area contributed by atoms with Crippen molar-refractivity contribution in [1.82, 2.24) is 5.32 Å². The summed E-state index contributed by atoms with van der Waals surface area (Å²) in [7, 11) is 0. The first-order valence-electron chi connectivity index (χ1n) is 5.51. The first kappa shape index (κ1) is 10.8. The molecule has 1 nitrogen and oxygen atoms in total. The second-order valence-electron chi connectivity index (χ2n) is 3.76. The van der Waals surface area contributed by atoms with Gasteiger partial charge in [-0.15, -0.1) is 11.8 Å². The minimum atomic E-state index is 0.696. The van der Waals surface area contributed by atoms with E-state index in [-0.39, 0.29) is 0 Å². The molecule has 0 fully saturated rings. The Morgan fingerprint density at radius 1 is 1.13 bits per heavy atom. The topological polar surface area (TPSA) is 12.0 Å². The fraction of sp³-hybridized carbons (Fsp3) is 0.385. The molecule has 2 rings (SSSR count). The minimum absolute atomic E-state index is 0.696. The Bertz CT molecular complexity index is 300. The monoisotopic (exact) mass is 219 g/mol. The van der Waals surface area contributed by atoms with Gasteiger partial charge in [0.05, 0.1) is 0 Å². The van der Waals surface area contributed by atoms with Gasteiger partial charge in [-0.25, -0.2) is 0 Å². The molecule has 0 aromatic heterocycles. The zero-order chi connectivity index (χ0) is 10.3. The van der Waals surface area contributed by atoms with E-state index in [1.807, 2.05) is 11.8 Å². The summed E-state index contributed by atoms with van der Waals surface area (Å²) in [6.45, 7) is 1.10. The summed E-state index contributed by atoms with van der Waals surface area (Å²) >= 11 is 1.92. The lowest BCUT2D eigenvalue weighted by atomic mass is 10.2. The van der Waals surface area contributed by atoms with Crippen molar-refractivity contribution in [3.63, 3.8) is 0 Å². The maximum Gasteiger partial charge on any atom is 0.0136 e. The van der Waals surface area contributed by atoms with Crippen LogP contribution in [-0.4, -0.2) is 18.3 Å². The molecule has 0 spiro atoms. The quantitative estimate of drug-likeness (QED) is 0.464. The Labute approximate surface area is 96.0 Å². The van der Waals surface area contributed by atoms with E-state index in [1.165, 1.54) is 17.7 Å². The molecule has 1 aliphatic carbocycles. The lowest BCUT2D eigenvalue weighted by Gasteiger charge is -2.11. The molecule has 1 aromatic carbocycles. The second-order valence-corrected chi connectivity index (χ2v) is 4.92. The normalized spacial score (nSPS) is 16.0. The molecular weight excluding hydrogens is 202 g/mol. The zero-order valence-electron chi connectivity index (χ0n) is 8.86. The van der Waals surface area contributed by atoms with Crippen molar-refractivity contribution in [3.05, 3.63) is 42.5 Å². The lowest BCUT2D eigenvalue weighted by molar-refractivity contribution is 0.560. The molecule has 1 aliphatic rings. The molecular formula is C13H17NS. The fourth-order valence-corrected chi connectivity index (χ4v) is 2.54. The van der Waals surface area contributed by atoms with Crippen LogP contribution in [0.2, 0.25) is 0 Å². The number of thioether (sulfide) groups is 1. The molecule has 2 heteroatoms. The zero-order valence-corrected chi connectivity index (χ0v) is 9.67. The standard InChI is InChI=1S/C13H17NS/c1-2-8-13(9-3-1)15-11-10-14-12-6-4-5-7-12/h1-5,8-9,12,14H,6-7,10-11H2. The molecule has 0 aliphatic heterocycles. The number of benzene rings is 1. The molecule has 80 valence electrons. The molecule has 0 unspecified atom stereocenters. The molecule has 0 atom stereocenters. The van der Waals surface area contributed by atoms with Crippen LogP contribution in [0.5, 0.6) is 0 Å². The Morgan fingerprint density at radius 2 is 1.87 bits per heavy atom. The number of rotatable bonds is 5. The summed E-state index contributed by atoms with van der Waals surface area (Å²) in [4.78, 5) is 1.36. The van der Waals surface area contributed by atoms with E-state index >= 15 is 0 Å². The maximum absolute atomic E-state index is 3.57. The van der Waals surface area contributed by atoms with E-state index in [0.717, 1.165) is 12.3 Å². The van der Waals surface area contributed by atoms with Crippen LogP contribution in [0.1, 0.15) is 12.8 Å². The van der Waals surface area contributed by atoms with Gasteiger partial charge in [-0.2, -0.15) is 0 Å². The largest absolute Gasteiger partial charge is 0.313 e. The van der Waals surface area contributed by atoms with E-state index in [0.29, 0.717) is 6.04 Å². The van der Waals surface area contributed by atoms with E-state index in [1.54, 1.807) is 0 Å². The molecule has 0 radical (unpaired) electrons. The average Bonchev–Trinajstić information content (AvgIpc) is 2.79. The summed E-state index contributed by atoms with van der Waals surface area (Å²) < 4.78 is 0. The Kier molecular flexibility index (Phi) is 4.30. The van der Waals surface area contributed by atoms with Gasteiger partial charge in [0, 0.05) is 23.2 Å². The average molecular weight is 219 g/mol. The molecule has 15 heavy (non-hydrogen) atoms. The number of hydrogen-bond acceptors (Lipinski definition) is 2. The van der Waals surface area contributed by atoms with Crippen LogP contribution >= 0.6 is 11.8 Å². The highest BCUT2D eigenvalue weighted by atomic mass is 32.2. The van der Waals surface area contributed by atoms with Crippen molar-refractivity contribution in [2.75, 3.05) is 12.3 Å². The molecule has 0 heterocycles. The highest BCUT2D eigenvalue weighted by molar-refractivity contribution is 7.99. The van der Waals surface area contributed by atoms with Crippen LogP contribution in [0.4, 0.5) is 0 Å². The van der Waals surface area contributed by atoms with Gasteiger partial charge in [-0.05, 0) is 25.0 Å². The highest BCUT2D eigenvalue weighted by Gasteiger charge is 2.07. The van der Waals surface area contributed by atoms with Crippen molar-refractivity contribution >= 4 is 11.8 Å². The third-order valence-corrected chi connectivity index (χ3v) is 3.57. The maximum atomic E-state index is 3.57. The summed E-state index contributed by atoms with van der Waals surface area (Å²) in [5, 5.41) is 3.57. The molecule has 1 N–H and O–H groups in total. The third kappa shape index (κ3) is 3.73. The van der Waals surface area contributed by atoms with Crippen molar-refractivity contribution in [2.45, 2.75) is 23.8 Å². The van der Waals surface area contributed by atoms with Crippen molar-refractivity contribution in [2.24, 2.45) is 0 Å². The molecule has 0 saturated heterocycles. The summed E-state index contributed by atoms with van der Waals surface area (Å²) in [5.41, 5.74) is 0. The van der Waals surface area contributed by atoms with Crippen LogP contribution in [0, 0.1) is 0 Å². The van der Waals surface area contributed by atoms with Gasteiger partial charge < -0.3 is 5.32 Å². The smallest absolute Gasteiger partial charge is 0.0136 e. The summed E-state index contributed by atoms with van der Waals surface area (Å²) in [6.07, 6.45) is 6.94. The number of nitrogens with one attached hydrogen (secondary N) is 1. The van der Waals surface area contributed by atoms with Crippen molar-refractivity contribution < 1.29 is 0 Å². The predicted octanol–water partition coefficient (Wildman–Crippen LogP) is 3.09. The third-order valence-electron chi connectivity index (χ3n) is 2.55. The molecule has 0 amide bonds. The van der Waals surface area contributed by atoms with Crippen molar-refractivity contribution in [1.29, 1.82) is 0 Å². The first-order chi connectivity index (χ1) is 7.45. The van der Waals surface area contributed by atoms with Crippen LogP contribution in [0.25, 0.3) is 0 Å². The molecule has 0 saturated carbocycles. The lowest BCUT2D eigenvalue weighted by Crippen LogP contribution is -2.28. The number of hydrogen-bond donors (Lipinski definition) is 1. The molecule has 0 bridgehead atoms. The van der Waals surface area contributed by atoms with Gasteiger partial charge in [0.2, 0.25) is 0 Å². The van der Waals surface area contributed by atoms with Gasteiger partial charge in [0.1, 0.15) is 0 Å². The van der Waals surface area contributed by atoms with E-state index in [2.05, 4.69) is 47.8 Å². The fourth-order valence-electron chi connectivity index (χ4n) is 1.73. The highest BCUT2D eigenvalue weighted by Crippen LogP contribution is 2.16. The summed E-state index contributed by atoms with van der Waals surface area (Å²) in [5.74, 6) is 1.15. The molecule has 1 aromatic rings.